The zero-order chi connectivity index (χ0) is 10.9. The Bertz CT molecular complexity index is 152. The second-order valence-electron chi connectivity index (χ2n) is 5.32. The van der Waals surface area contributed by atoms with Crippen LogP contribution in [0.15, 0.2) is 0 Å². The molecule has 0 aromatic rings. The Labute approximate surface area is 92.0 Å². The summed E-state index contributed by atoms with van der Waals surface area (Å²) in [5.74, 6) is 0. The van der Waals surface area contributed by atoms with E-state index in [1.54, 1.807) is 0 Å². The third kappa shape index (κ3) is 9.03. The van der Waals surface area contributed by atoms with Gasteiger partial charge in [0, 0.05) is 11.1 Å². The summed E-state index contributed by atoms with van der Waals surface area (Å²) in [7, 11) is -2.53. The van der Waals surface area contributed by atoms with Crippen LogP contribution in [0, 0.1) is 0 Å². The summed E-state index contributed by atoms with van der Waals surface area (Å²) in [5.41, 5.74) is -0.123. The predicted octanol–water partition coefficient (Wildman–Crippen LogP) is 2.68. The molecule has 0 bridgehead atoms. The number of nitrogens with one attached hydrogen (secondary N) is 2. The summed E-state index contributed by atoms with van der Waals surface area (Å²) >= 11 is 12.4. The quantitative estimate of drug-likeness (QED) is 0.575. The van der Waals surface area contributed by atoms with Gasteiger partial charge in [0.25, 0.3) is 0 Å². The minimum atomic E-state index is -2.53. The maximum absolute atomic E-state index is 6.19. The number of hydrogen-bond acceptors (Lipinski definition) is 2. The molecule has 0 saturated carbocycles. The van der Waals surface area contributed by atoms with Gasteiger partial charge < -0.3 is 0 Å². The molecule has 5 heteroatoms. The summed E-state index contributed by atoms with van der Waals surface area (Å²) in [4.78, 5) is 6.42. The smallest absolute Gasteiger partial charge is 0.296 e. The highest BCUT2D eigenvalue weighted by molar-refractivity contribution is 7.43. The Morgan fingerprint density at radius 3 is 1.15 bits per heavy atom. The molecular formula is C8H20Cl2N2Si. The molecular weight excluding hydrogens is 223 g/mol. The van der Waals surface area contributed by atoms with E-state index in [0.29, 0.717) is 0 Å². The summed E-state index contributed by atoms with van der Waals surface area (Å²) in [6.45, 7) is 12.3. The fourth-order valence-corrected chi connectivity index (χ4v) is 6.32. The molecule has 0 spiro atoms. The molecule has 0 fully saturated rings. The first kappa shape index (κ1) is 13.7. The third-order valence-electron chi connectivity index (χ3n) is 1.06. The van der Waals surface area contributed by atoms with Crippen molar-refractivity contribution >= 4 is 29.2 Å². The van der Waals surface area contributed by atoms with Gasteiger partial charge in [-0.25, -0.2) is 0 Å². The average molecular weight is 243 g/mol. The second kappa shape index (κ2) is 4.07. The van der Waals surface area contributed by atoms with Gasteiger partial charge in [-0.05, 0) is 41.5 Å². The molecule has 0 unspecified atom stereocenters. The molecule has 0 heterocycles. The lowest BCUT2D eigenvalue weighted by molar-refractivity contribution is 0.478. The first-order chi connectivity index (χ1) is 5.41. The highest BCUT2D eigenvalue weighted by Crippen LogP contribution is 2.16. The first-order valence-corrected chi connectivity index (χ1v) is 8.40. The van der Waals surface area contributed by atoms with E-state index in [9.17, 15) is 0 Å². The van der Waals surface area contributed by atoms with Crippen LogP contribution >= 0.6 is 22.2 Å². The van der Waals surface area contributed by atoms with Gasteiger partial charge >= 0.3 is 7.02 Å². The van der Waals surface area contributed by atoms with Crippen LogP contribution in [0.25, 0.3) is 0 Å². The van der Waals surface area contributed by atoms with Crippen LogP contribution in [0.4, 0.5) is 0 Å². The SMILES string of the molecule is CC(C)(C)N[Si](Cl)(Cl)NC(C)(C)C. The summed E-state index contributed by atoms with van der Waals surface area (Å²) in [6, 6.07) is 0. The molecule has 0 saturated heterocycles. The fourth-order valence-electron chi connectivity index (χ4n) is 0.973. The summed E-state index contributed by atoms with van der Waals surface area (Å²) in [5, 5.41) is 0. The molecule has 0 atom stereocenters. The Balaban J connectivity index is 4.25. The van der Waals surface area contributed by atoms with Gasteiger partial charge in [-0.2, -0.15) is 0 Å². The highest BCUT2D eigenvalue weighted by atomic mass is 35.7. The summed E-state index contributed by atoms with van der Waals surface area (Å²) in [6.07, 6.45) is 0. The minimum absolute atomic E-state index is 0.0615. The van der Waals surface area contributed by atoms with E-state index in [4.69, 9.17) is 22.2 Å². The Hall–Kier alpha value is 0.717. The fraction of sp³-hybridized carbons (Fsp3) is 1.00. The lowest BCUT2D eigenvalue weighted by Gasteiger charge is -2.34. The number of rotatable bonds is 2. The molecule has 0 aromatic carbocycles. The lowest BCUT2D eigenvalue weighted by atomic mass is 10.1. The van der Waals surface area contributed by atoms with Crippen molar-refractivity contribution in [2.45, 2.75) is 52.6 Å². The normalized spacial score (nSPS) is 14.8. The van der Waals surface area contributed by atoms with Gasteiger partial charge in [0.1, 0.15) is 0 Å². The maximum Gasteiger partial charge on any atom is 0.404 e. The Morgan fingerprint density at radius 2 is 1.00 bits per heavy atom. The van der Waals surface area contributed by atoms with Crippen LogP contribution < -0.4 is 9.96 Å². The van der Waals surface area contributed by atoms with Crippen LogP contribution in [-0.2, 0) is 0 Å². The van der Waals surface area contributed by atoms with E-state index < -0.39 is 7.02 Å². The maximum atomic E-state index is 6.19. The number of halogens is 2. The molecule has 80 valence electrons. The number of hydrogen-bond donors (Lipinski definition) is 2. The van der Waals surface area contributed by atoms with Gasteiger partial charge in [-0.3, -0.25) is 9.96 Å². The van der Waals surface area contributed by atoms with Gasteiger partial charge in [0.15, 0.2) is 0 Å². The van der Waals surface area contributed by atoms with E-state index in [2.05, 4.69) is 9.96 Å². The predicted molar refractivity (Wildman–Crippen MR) is 63.2 cm³/mol. The van der Waals surface area contributed by atoms with E-state index in [1.807, 2.05) is 41.5 Å². The van der Waals surface area contributed by atoms with Gasteiger partial charge in [-0.1, -0.05) is 0 Å². The zero-order valence-electron chi connectivity index (χ0n) is 9.26. The first-order valence-electron chi connectivity index (χ1n) is 4.38. The van der Waals surface area contributed by atoms with Crippen molar-refractivity contribution in [3.8, 4) is 0 Å². The molecule has 0 aliphatic carbocycles. The molecule has 0 rings (SSSR count). The van der Waals surface area contributed by atoms with Gasteiger partial charge in [-0.15, -0.1) is 22.2 Å². The van der Waals surface area contributed by atoms with Crippen LogP contribution in [-0.4, -0.2) is 18.1 Å². The van der Waals surface area contributed by atoms with E-state index in [0.717, 1.165) is 0 Å². The molecule has 2 nitrogen and oxygen atoms in total. The minimum Gasteiger partial charge on any atom is -0.296 e. The van der Waals surface area contributed by atoms with Crippen molar-refractivity contribution in [2.24, 2.45) is 0 Å². The third-order valence-corrected chi connectivity index (χ3v) is 4.33. The standard InChI is InChI=1S/C8H20Cl2N2Si/c1-7(2,3)11-13(9,10)12-8(4,5)6/h11-12H,1-6H3. The molecule has 0 aliphatic rings. The Kier molecular flexibility index (Phi) is 4.29. The van der Waals surface area contributed by atoms with Gasteiger partial charge in [0.2, 0.25) is 0 Å². The van der Waals surface area contributed by atoms with E-state index in [1.165, 1.54) is 0 Å². The highest BCUT2D eigenvalue weighted by Gasteiger charge is 2.36. The van der Waals surface area contributed by atoms with Crippen LogP contribution in [0.3, 0.4) is 0 Å². The average Bonchev–Trinajstić information content (AvgIpc) is 1.43. The topological polar surface area (TPSA) is 24.1 Å². The molecule has 0 aromatic heterocycles. The monoisotopic (exact) mass is 242 g/mol. The molecule has 0 amide bonds. The van der Waals surface area contributed by atoms with Crippen molar-refractivity contribution in [1.29, 1.82) is 0 Å². The molecule has 2 N–H and O–H groups in total. The lowest BCUT2D eigenvalue weighted by Crippen LogP contribution is -2.64. The van der Waals surface area contributed by atoms with Crippen LogP contribution in [0.5, 0.6) is 0 Å². The van der Waals surface area contributed by atoms with E-state index in [-0.39, 0.29) is 11.1 Å². The van der Waals surface area contributed by atoms with E-state index >= 15 is 0 Å². The van der Waals surface area contributed by atoms with Crippen molar-refractivity contribution in [2.75, 3.05) is 0 Å². The van der Waals surface area contributed by atoms with Crippen molar-refractivity contribution < 1.29 is 0 Å². The van der Waals surface area contributed by atoms with Crippen molar-refractivity contribution in [3.05, 3.63) is 0 Å². The van der Waals surface area contributed by atoms with Crippen molar-refractivity contribution in [1.82, 2.24) is 9.96 Å². The van der Waals surface area contributed by atoms with Gasteiger partial charge in [0.05, 0.1) is 0 Å². The Morgan fingerprint density at radius 1 is 0.769 bits per heavy atom. The van der Waals surface area contributed by atoms with Crippen LogP contribution in [0.2, 0.25) is 0 Å². The largest absolute Gasteiger partial charge is 0.404 e. The molecule has 0 radical (unpaired) electrons. The molecule has 13 heavy (non-hydrogen) atoms. The van der Waals surface area contributed by atoms with Crippen LogP contribution in [0.1, 0.15) is 41.5 Å². The zero-order valence-corrected chi connectivity index (χ0v) is 11.8. The summed E-state index contributed by atoms with van der Waals surface area (Å²) < 4.78 is 0. The second-order valence-corrected chi connectivity index (χ2v) is 11.0. The van der Waals surface area contributed by atoms with Crippen molar-refractivity contribution in [3.63, 3.8) is 0 Å². The molecule has 0 aliphatic heterocycles.